The molecule has 0 atom stereocenters. The van der Waals surface area contributed by atoms with E-state index >= 15 is 0 Å². The molecule has 7 heteroatoms. The fraction of sp³-hybridized carbons (Fsp3) is 0.167. The first kappa shape index (κ1) is 12.6. The number of nitrogens with zero attached hydrogens (tertiary/aromatic N) is 3. The smallest absolute Gasteiger partial charge is 0.153 e. The highest BCUT2D eigenvalue weighted by Gasteiger charge is 2.03. The number of nitrogens with two attached hydrogens (primary N) is 1. The molecule has 0 spiro atoms. The normalized spacial score (nSPS) is 11.1. The van der Waals surface area contributed by atoms with Gasteiger partial charge in [0.05, 0.1) is 22.2 Å². The maximum atomic E-state index is 5.57. The predicted octanol–water partition coefficient (Wildman–Crippen LogP) is 2.62. The Balaban J connectivity index is 1.77. The monoisotopic (exact) mass is 337 g/mol. The molecule has 19 heavy (non-hydrogen) atoms. The third-order valence-electron chi connectivity index (χ3n) is 2.65. The summed E-state index contributed by atoms with van der Waals surface area (Å²) in [4.78, 5) is 5.59. The van der Waals surface area contributed by atoms with Crippen molar-refractivity contribution in [2.24, 2.45) is 5.73 Å². The minimum Gasteiger partial charge on any atom is -0.364 e. The van der Waals surface area contributed by atoms with E-state index in [0.717, 1.165) is 27.5 Å². The van der Waals surface area contributed by atoms with Crippen molar-refractivity contribution in [2.75, 3.05) is 5.32 Å². The summed E-state index contributed by atoms with van der Waals surface area (Å²) in [6.45, 7) is 1.18. The lowest BCUT2D eigenvalue weighted by molar-refractivity contribution is 0.921. The number of hydrogen-bond donors (Lipinski definition) is 2. The minimum absolute atomic E-state index is 0.426. The summed E-state index contributed by atoms with van der Waals surface area (Å²) in [6, 6.07) is 7.98. The number of hydrogen-bond acceptors (Lipinski definition) is 5. The molecule has 0 aliphatic carbocycles. The van der Waals surface area contributed by atoms with E-state index in [0.29, 0.717) is 6.54 Å². The van der Waals surface area contributed by atoms with Gasteiger partial charge in [0.25, 0.3) is 0 Å². The molecule has 0 radical (unpaired) electrons. The predicted molar refractivity (Wildman–Crippen MR) is 80.2 cm³/mol. The van der Waals surface area contributed by atoms with Crippen molar-refractivity contribution in [3.63, 3.8) is 0 Å². The van der Waals surface area contributed by atoms with Gasteiger partial charge in [-0.05, 0) is 40.2 Å². The molecule has 0 aliphatic heterocycles. The SMILES string of the molecule is NCc1cn2nc(NCc3ccc(Br)s3)ccc2n1. The van der Waals surface area contributed by atoms with Crippen LogP contribution in [0.1, 0.15) is 10.6 Å². The van der Waals surface area contributed by atoms with Gasteiger partial charge in [-0.25, -0.2) is 9.50 Å². The Morgan fingerprint density at radius 3 is 2.95 bits per heavy atom. The van der Waals surface area contributed by atoms with Crippen LogP contribution in [0.25, 0.3) is 5.65 Å². The van der Waals surface area contributed by atoms with Gasteiger partial charge < -0.3 is 11.1 Å². The quantitative estimate of drug-likeness (QED) is 0.767. The van der Waals surface area contributed by atoms with Gasteiger partial charge in [0, 0.05) is 11.4 Å². The van der Waals surface area contributed by atoms with Gasteiger partial charge >= 0.3 is 0 Å². The van der Waals surface area contributed by atoms with Crippen molar-refractivity contribution in [1.82, 2.24) is 14.6 Å². The molecule has 3 heterocycles. The van der Waals surface area contributed by atoms with Gasteiger partial charge in [-0.2, -0.15) is 0 Å². The highest BCUT2D eigenvalue weighted by atomic mass is 79.9. The molecule has 5 nitrogen and oxygen atoms in total. The molecule has 0 aliphatic rings. The van der Waals surface area contributed by atoms with Crippen LogP contribution < -0.4 is 11.1 Å². The third kappa shape index (κ3) is 2.78. The molecule has 0 saturated heterocycles. The van der Waals surface area contributed by atoms with Crippen LogP contribution in [-0.4, -0.2) is 14.6 Å². The molecule has 3 rings (SSSR count). The van der Waals surface area contributed by atoms with Crippen molar-refractivity contribution >= 4 is 38.7 Å². The Kier molecular flexibility index (Phi) is 3.50. The molecule has 0 amide bonds. The lowest BCUT2D eigenvalue weighted by atomic mass is 10.4. The van der Waals surface area contributed by atoms with Crippen LogP contribution in [0.5, 0.6) is 0 Å². The number of nitrogens with one attached hydrogen (secondary N) is 1. The van der Waals surface area contributed by atoms with Gasteiger partial charge in [0.2, 0.25) is 0 Å². The van der Waals surface area contributed by atoms with E-state index in [1.54, 1.807) is 15.9 Å². The fourth-order valence-corrected chi connectivity index (χ4v) is 3.17. The van der Waals surface area contributed by atoms with E-state index in [1.807, 2.05) is 24.4 Å². The molecular weight excluding hydrogens is 326 g/mol. The lowest BCUT2D eigenvalue weighted by Crippen LogP contribution is -2.02. The number of aromatic nitrogens is 3. The number of anilines is 1. The van der Waals surface area contributed by atoms with Crippen molar-refractivity contribution in [3.8, 4) is 0 Å². The second kappa shape index (κ2) is 5.28. The van der Waals surface area contributed by atoms with Crippen LogP contribution in [0.15, 0.2) is 34.2 Å². The van der Waals surface area contributed by atoms with E-state index in [-0.39, 0.29) is 0 Å². The maximum absolute atomic E-state index is 5.57. The number of halogens is 1. The van der Waals surface area contributed by atoms with Crippen molar-refractivity contribution in [1.29, 1.82) is 0 Å². The summed E-state index contributed by atoms with van der Waals surface area (Å²) in [7, 11) is 0. The molecule has 3 N–H and O–H groups in total. The molecule has 0 unspecified atom stereocenters. The first-order valence-electron chi connectivity index (χ1n) is 5.78. The van der Waals surface area contributed by atoms with Gasteiger partial charge in [-0.15, -0.1) is 16.4 Å². The number of rotatable bonds is 4. The minimum atomic E-state index is 0.426. The fourth-order valence-electron chi connectivity index (χ4n) is 1.75. The molecule has 0 aromatic carbocycles. The molecule has 3 aromatic heterocycles. The highest BCUT2D eigenvalue weighted by molar-refractivity contribution is 9.11. The Bertz CT molecular complexity index is 705. The Morgan fingerprint density at radius 1 is 1.32 bits per heavy atom. The summed E-state index contributed by atoms with van der Waals surface area (Å²) in [6.07, 6.45) is 1.85. The van der Waals surface area contributed by atoms with E-state index in [2.05, 4.69) is 37.4 Å². The summed E-state index contributed by atoms with van der Waals surface area (Å²) < 4.78 is 2.88. The Morgan fingerprint density at radius 2 is 2.21 bits per heavy atom. The van der Waals surface area contributed by atoms with Crippen LogP contribution in [0, 0.1) is 0 Å². The molecule has 0 bridgehead atoms. The maximum Gasteiger partial charge on any atom is 0.153 e. The van der Waals surface area contributed by atoms with Gasteiger partial charge in [-0.1, -0.05) is 0 Å². The summed E-state index contributed by atoms with van der Waals surface area (Å²) in [5.41, 5.74) is 7.22. The first-order chi connectivity index (χ1) is 9.24. The molecule has 3 aromatic rings. The zero-order chi connectivity index (χ0) is 13.2. The molecule has 0 fully saturated rings. The topological polar surface area (TPSA) is 68.2 Å². The second-order valence-electron chi connectivity index (χ2n) is 4.02. The third-order valence-corrected chi connectivity index (χ3v) is 4.28. The summed E-state index contributed by atoms with van der Waals surface area (Å²) >= 11 is 5.16. The summed E-state index contributed by atoms with van der Waals surface area (Å²) in [5.74, 6) is 0.818. The second-order valence-corrected chi connectivity index (χ2v) is 6.56. The van der Waals surface area contributed by atoms with E-state index < -0.39 is 0 Å². The van der Waals surface area contributed by atoms with Crippen LogP contribution in [0.3, 0.4) is 0 Å². The summed E-state index contributed by atoms with van der Waals surface area (Å²) in [5, 5.41) is 7.74. The van der Waals surface area contributed by atoms with E-state index in [9.17, 15) is 0 Å². The Labute approximate surface area is 122 Å². The van der Waals surface area contributed by atoms with Crippen LogP contribution >= 0.6 is 27.3 Å². The lowest BCUT2D eigenvalue weighted by Gasteiger charge is -2.03. The van der Waals surface area contributed by atoms with Gasteiger partial charge in [-0.3, -0.25) is 0 Å². The van der Waals surface area contributed by atoms with Gasteiger partial charge in [0.15, 0.2) is 5.65 Å². The Hall–Kier alpha value is -1.44. The average Bonchev–Trinajstić information content (AvgIpc) is 3.01. The molecule has 0 saturated carbocycles. The van der Waals surface area contributed by atoms with Crippen LogP contribution in [0.2, 0.25) is 0 Å². The van der Waals surface area contributed by atoms with E-state index in [1.165, 1.54) is 4.88 Å². The van der Waals surface area contributed by atoms with Crippen LogP contribution in [-0.2, 0) is 13.1 Å². The molecule has 98 valence electrons. The standard InChI is InChI=1S/C12H12BrN5S/c13-10-2-1-9(19-10)6-15-11-3-4-12-16-8(5-14)7-18(12)17-11/h1-4,7H,5-6,14H2,(H,15,17). The number of thiophene rings is 1. The first-order valence-corrected chi connectivity index (χ1v) is 7.39. The van der Waals surface area contributed by atoms with Crippen molar-refractivity contribution in [3.05, 3.63) is 44.8 Å². The largest absolute Gasteiger partial charge is 0.364 e. The number of imidazole rings is 1. The molecular formula is C12H12BrN5S. The van der Waals surface area contributed by atoms with Crippen molar-refractivity contribution < 1.29 is 0 Å². The zero-order valence-electron chi connectivity index (χ0n) is 10.0. The van der Waals surface area contributed by atoms with Crippen LogP contribution in [0.4, 0.5) is 5.82 Å². The van der Waals surface area contributed by atoms with E-state index in [4.69, 9.17) is 5.73 Å². The van der Waals surface area contributed by atoms with Crippen molar-refractivity contribution in [2.45, 2.75) is 13.1 Å². The van der Waals surface area contributed by atoms with Gasteiger partial charge in [0.1, 0.15) is 5.82 Å². The zero-order valence-corrected chi connectivity index (χ0v) is 12.4. The highest BCUT2D eigenvalue weighted by Crippen LogP contribution is 2.22. The average molecular weight is 338 g/mol. The number of fused-ring (bicyclic) bond motifs is 1.